The van der Waals surface area contributed by atoms with Crippen molar-refractivity contribution in [2.24, 2.45) is 0 Å². The van der Waals surface area contributed by atoms with Crippen LogP contribution in [-0.4, -0.2) is 14.5 Å². The van der Waals surface area contributed by atoms with Gasteiger partial charge in [0.05, 0.1) is 5.39 Å². The van der Waals surface area contributed by atoms with Gasteiger partial charge in [0.25, 0.3) is 0 Å². The molecule has 2 aromatic rings. The van der Waals surface area contributed by atoms with E-state index < -0.39 is 0 Å². The summed E-state index contributed by atoms with van der Waals surface area (Å²) in [6.07, 6.45) is 7.54. The van der Waals surface area contributed by atoms with Crippen molar-refractivity contribution in [2.75, 3.05) is 5.73 Å². The van der Waals surface area contributed by atoms with E-state index >= 15 is 0 Å². The van der Waals surface area contributed by atoms with Crippen molar-refractivity contribution < 1.29 is 0 Å². The topological polar surface area (TPSA) is 56.7 Å². The summed E-state index contributed by atoms with van der Waals surface area (Å²) in [6, 6.07) is 0.621. The van der Waals surface area contributed by atoms with Crippen LogP contribution in [0.25, 0.3) is 11.0 Å². The van der Waals surface area contributed by atoms with Crippen molar-refractivity contribution in [2.45, 2.75) is 46.1 Å². The first-order chi connectivity index (χ1) is 8.27. The number of nitrogens with zero attached hydrogens (tertiary/aromatic N) is 3. The molecule has 0 aliphatic heterocycles. The van der Waals surface area contributed by atoms with Gasteiger partial charge in [-0.3, -0.25) is 0 Å². The van der Waals surface area contributed by atoms with Crippen LogP contribution in [0.1, 0.15) is 44.7 Å². The van der Waals surface area contributed by atoms with Gasteiger partial charge in [0, 0.05) is 12.2 Å². The van der Waals surface area contributed by atoms with Gasteiger partial charge in [-0.2, -0.15) is 0 Å². The zero-order chi connectivity index (χ0) is 12.4. The van der Waals surface area contributed by atoms with Crippen LogP contribution >= 0.6 is 0 Å². The molecule has 92 valence electrons. The van der Waals surface area contributed by atoms with E-state index in [9.17, 15) is 0 Å². The van der Waals surface area contributed by atoms with E-state index in [4.69, 9.17) is 5.73 Å². The van der Waals surface area contributed by atoms with Crippen molar-refractivity contribution in [3.63, 3.8) is 0 Å². The zero-order valence-corrected chi connectivity index (χ0v) is 10.8. The fraction of sp³-hybridized carbons (Fsp3) is 0.538. The Morgan fingerprint density at radius 1 is 1.29 bits per heavy atom. The molecular formula is C13H20N4. The van der Waals surface area contributed by atoms with E-state index in [0.29, 0.717) is 11.9 Å². The third-order valence-electron chi connectivity index (χ3n) is 3.30. The molecule has 0 atom stereocenters. The number of anilines is 1. The van der Waals surface area contributed by atoms with E-state index in [2.05, 4.69) is 27.7 Å². The standard InChI is InChI=1S/C11H14N4.C2H6/c1-7-5-15(8-3-2-4-8)11-9(7)10(12)13-6-14-11;1-2/h5-6,8H,2-4H2,1H3,(H2,12,13,14);1-2H3. The van der Waals surface area contributed by atoms with Gasteiger partial charge in [0.1, 0.15) is 17.8 Å². The minimum atomic E-state index is 0.593. The molecule has 4 heteroatoms. The molecule has 0 aromatic carbocycles. The second-order valence-corrected chi connectivity index (χ2v) is 4.26. The fourth-order valence-electron chi connectivity index (χ4n) is 2.24. The fourth-order valence-corrected chi connectivity index (χ4v) is 2.24. The van der Waals surface area contributed by atoms with E-state index in [1.165, 1.54) is 24.8 Å². The molecule has 0 radical (unpaired) electrons. The Labute approximate surface area is 102 Å². The zero-order valence-electron chi connectivity index (χ0n) is 10.8. The third-order valence-corrected chi connectivity index (χ3v) is 3.30. The number of nitrogens with two attached hydrogens (primary N) is 1. The molecule has 0 unspecified atom stereocenters. The van der Waals surface area contributed by atoms with Crippen LogP contribution in [0.2, 0.25) is 0 Å². The molecule has 2 N–H and O–H groups in total. The molecule has 1 saturated carbocycles. The van der Waals surface area contributed by atoms with Crippen LogP contribution in [0.3, 0.4) is 0 Å². The summed E-state index contributed by atoms with van der Waals surface area (Å²) < 4.78 is 2.26. The summed E-state index contributed by atoms with van der Waals surface area (Å²) in [7, 11) is 0. The van der Waals surface area contributed by atoms with Gasteiger partial charge in [0.15, 0.2) is 0 Å². The molecule has 17 heavy (non-hydrogen) atoms. The highest BCUT2D eigenvalue weighted by Gasteiger charge is 2.22. The summed E-state index contributed by atoms with van der Waals surface area (Å²) in [5.41, 5.74) is 8.03. The van der Waals surface area contributed by atoms with E-state index in [1.807, 2.05) is 13.8 Å². The van der Waals surface area contributed by atoms with Gasteiger partial charge in [-0.1, -0.05) is 13.8 Å². The van der Waals surface area contributed by atoms with Crippen LogP contribution in [0, 0.1) is 6.92 Å². The lowest BCUT2D eigenvalue weighted by Gasteiger charge is -2.27. The number of hydrogen-bond donors (Lipinski definition) is 1. The van der Waals surface area contributed by atoms with Crippen LogP contribution in [0.15, 0.2) is 12.5 Å². The smallest absolute Gasteiger partial charge is 0.145 e. The van der Waals surface area contributed by atoms with Crippen molar-refractivity contribution in [1.82, 2.24) is 14.5 Å². The number of aromatic nitrogens is 3. The Hall–Kier alpha value is -1.58. The molecule has 1 fully saturated rings. The normalized spacial score (nSPS) is 15.2. The van der Waals surface area contributed by atoms with Gasteiger partial charge in [-0.25, -0.2) is 9.97 Å². The average Bonchev–Trinajstić information content (AvgIpc) is 2.58. The Kier molecular flexibility index (Phi) is 3.31. The van der Waals surface area contributed by atoms with E-state index in [0.717, 1.165) is 11.0 Å². The molecule has 0 spiro atoms. The largest absolute Gasteiger partial charge is 0.383 e. The number of aryl methyl sites for hydroxylation is 1. The molecule has 0 bridgehead atoms. The van der Waals surface area contributed by atoms with Crippen LogP contribution < -0.4 is 5.73 Å². The van der Waals surface area contributed by atoms with Crippen molar-refractivity contribution in [3.8, 4) is 0 Å². The Bertz CT molecular complexity index is 511. The molecular weight excluding hydrogens is 212 g/mol. The lowest BCUT2D eigenvalue weighted by molar-refractivity contribution is 0.320. The van der Waals surface area contributed by atoms with Gasteiger partial charge >= 0.3 is 0 Å². The summed E-state index contributed by atoms with van der Waals surface area (Å²) in [5.74, 6) is 0.593. The summed E-state index contributed by atoms with van der Waals surface area (Å²) in [5, 5.41) is 1.02. The van der Waals surface area contributed by atoms with Crippen LogP contribution in [-0.2, 0) is 0 Å². The second-order valence-electron chi connectivity index (χ2n) is 4.26. The van der Waals surface area contributed by atoms with Gasteiger partial charge in [0.2, 0.25) is 0 Å². The first kappa shape index (κ1) is 11.9. The molecule has 0 amide bonds. The van der Waals surface area contributed by atoms with Gasteiger partial charge in [-0.15, -0.1) is 0 Å². The number of rotatable bonds is 1. The van der Waals surface area contributed by atoms with Crippen molar-refractivity contribution in [3.05, 3.63) is 18.1 Å². The van der Waals surface area contributed by atoms with Crippen LogP contribution in [0.5, 0.6) is 0 Å². The molecule has 1 aliphatic carbocycles. The maximum absolute atomic E-state index is 5.87. The SMILES string of the molecule is CC.Cc1cn(C2CCC2)c2ncnc(N)c12. The summed E-state index contributed by atoms with van der Waals surface area (Å²) in [4.78, 5) is 8.38. The van der Waals surface area contributed by atoms with Crippen molar-refractivity contribution >= 4 is 16.9 Å². The molecule has 0 saturated heterocycles. The number of hydrogen-bond acceptors (Lipinski definition) is 3. The Balaban J connectivity index is 0.000000514. The maximum atomic E-state index is 5.87. The maximum Gasteiger partial charge on any atom is 0.145 e. The highest BCUT2D eigenvalue weighted by atomic mass is 15.1. The minimum Gasteiger partial charge on any atom is -0.383 e. The number of fused-ring (bicyclic) bond motifs is 1. The summed E-state index contributed by atoms with van der Waals surface area (Å²) >= 11 is 0. The highest BCUT2D eigenvalue weighted by molar-refractivity contribution is 5.89. The third kappa shape index (κ3) is 1.88. The molecule has 3 rings (SSSR count). The molecule has 2 heterocycles. The minimum absolute atomic E-state index is 0.593. The first-order valence-corrected chi connectivity index (χ1v) is 6.35. The molecule has 1 aliphatic rings. The first-order valence-electron chi connectivity index (χ1n) is 6.35. The second kappa shape index (κ2) is 4.73. The average molecular weight is 232 g/mol. The Morgan fingerprint density at radius 2 is 2.00 bits per heavy atom. The van der Waals surface area contributed by atoms with Gasteiger partial charge < -0.3 is 10.3 Å². The quantitative estimate of drug-likeness (QED) is 0.822. The van der Waals surface area contributed by atoms with Gasteiger partial charge in [-0.05, 0) is 31.7 Å². The molecule has 2 aromatic heterocycles. The lowest BCUT2D eigenvalue weighted by atomic mass is 9.93. The summed E-state index contributed by atoms with van der Waals surface area (Å²) in [6.45, 7) is 6.07. The predicted octanol–water partition coefficient (Wildman–Crippen LogP) is 3.07. The van der Waals surface area contributed by atoms with Crippen LogP contribution in [0.4, 0.5) is 5.82 Å². The van der Waals surface area contributed by atoms with E-state index in [-0.39, 0.29) is 0 Å². The van der Waals surface area contributed by atoms with E-state index in [1.54, 1.807) is 6.33 Å². The lowest BCUT2D eigenvalue weighted by Crippen LogP contribution is -2.16. The Morgan fingerprint density at radius 3 is 2.59 bits per heavy atom. The predicted molar refractivity (Wildman–Crippen MR) is 70.9 cm³/mol. The monoisotopic (exact) mass is 232 g/mol. The molecule has 4 nitrogen and oxygen atoms in total. The number of nitrogen functional groups attached to an aromatic ring is 1. The van der Waals surface area contributed by atoms with Crippen molar-refractivity contribution in [1.29, 1.82) is 0 Å². The highest BCUT2D eigenvalue weighted by Crippen LogP contribution is 2.35.